The number of hydrogen-bond acceptors (Lipinski definition) is 3. The average molecular weight is 413 g/mol. The van der Waals surface area contributed by atoms with Crippen molar-refractivity contribution in [3.63, 3.8) is 0 Å². The number of fused-ring (bicyclic) bond motifs is 1. The SMILES string of the molecule is CCC(=O)N1CCc2ccc(OCC(=O)NCC(C)C)cc2C1c1ccc(F)cc1. The van der Waals surface area contributed by atoms with Crippen molar-refractivity contribution in [2.75, 3.05) is 19.7 Å². The summed E-state index contributed by atoms with van der Waals surface area (Å²) in [5.41, 5.74) is 2.93. The van der Waals surface area contributed by atoms with E-state index < -0.39 is 0 Å². The third kappa shape index (κ3) is 5.17. The summed E-state index contributed by atoms with van der Waals surface area (Å²) >= 11 is 0. The molecule has 2 amide bonds. The molecule has 1 aliphatic rings. The summed E-state index contributed by atoms with van der Waals surface area (Å²) in [6.45, 7) is 7.05. The average Bonchev–Trinajstić information content (AvgIpc) is 2.75. The van der Waals surface area contributed by atoms with E-state index in [0.717, 1.165) is 23.1 Å². The van der Waals surface area contributed by atoms with Gasteiger partial charge in [-0.25, -0.2) is 4.39 Å². The number of carbonyl (C=O) groups excluding carboxylic acids is 2. The molecule has 0 bridgehead atoms. The molecule has 1 atom stereocenters. The summed E-state index contributed by atoms with van der Waals surface area (Å²) in [5, 5.41) is 2.83. The van der Waals surface area contributed by atoms with Gasteiger partial charge in [0.25, 0.3) is 5.91 Å². The molecule has 3 rings (SSSR count). The monoisotopic (exact) mass is 412 g/mol. The smallest absolute Gasteiger partial charge is 0.257 e. The minimum Gasteiger partial charge on any atom is -0.484 e. The molecule has 5 nitrogen and oxygen atoms in total. The lowest BCUT2D eigenvalue weighted by Crippen LogP contribution is -2.40. The summed E-state index contributed by atoms with van der Waals surface area (Å²) in [7, 11) is 0. The second kappa shape index (κ2) is 9.74. The predicted molar refractivity (Wildman–Crippen MR) is 114 cm³/mol. The molecule has 1 heterocycles. The highest BCUT2D eigenvalue weighted by atomic mass is 19.1. The normalized spacial score (nSPS) is 15.6. The van der Waals surface area contributed by atoms with Gasteiger partial charge < -0.3 is 15.0 Å². The first-order valence-electron chi connectivity index (χ1n) is 10.5. The van der Waals surface area contributed by atoms with E-state index in [9.17, 15) is 14.0 Å². The summed E-state index contributed by atoms with van der Waals surface area (Å²) in [6, 6.07) is 11.7. The summed E-state index contributed by atoms with van der Waals surface area (Å²) in [6.07, 6.45) is 1.15. The topological polar surface area (TPSA) is 58.6 Å². The Morgan fingerprint density at radius 2 is 1.93 bits per heavy atom. The standard InChI is InChI=1S/C24H29FN2O3/c1-4-23(29)27-12-11-17-7-10-20(30-15-22(28)26-14-16(2)3)13-21(17)24(27)18-5-8-19(25)9-6-18/h5-10,13,16,24H,4,11-12,14-15H2,1-3H3,(H,26,28). The first-order chi connectivity index (χ1) is 14.4. The fraction of sp³-hybridized carbons (Fsp3) is 0.417. The molecule has 1 unspecified atom stereocenters. The molecular weight excluding hydrogens is 383 g/mol. The van der Waals surface area contributed by atoms with Crippen molar-refractivity contribution < 1.29 is 18.7 Å². The minimum absolute atomic E-state index is 0.0503. The Balaban J connectivity index is 1.86. The fourth-order valence-corrected chi connectivity index (χ4v) is 3.68. The van der Waals surface area contributed by atoms with Crippen LogP contribution in [0.3, 0.4) is 0 Å². The van der Waals surface area contributed by atoms with Crippen LogP contribution in [0.2, 0.25) is 0 Å². The highest BCUT2D eigenvalue weighted by molar-refractivity contribution is 5.78. The molecule has 0 aliphatic carbocycles. The van der Waals surface area contributed by atoms with Gasteiger partial charge in [-0.3, -0.25) is 9.59 Å². The zero-order chi connectivity index (χ0) is 21.7. The van der Waals surface area contributed by atoms with Crippen LogP contribution in [0.15, 0.2) is 42.5 Å². The van der Waals surface area contributed by atoms with Crippen LogP contribution in [0.1, 0.15) is 49.9 Å². The first-order valence-corrected chi connectivity index (χ1v) is 10.5. The maximum Gasteiger partial charge on any atom is 0.257 e. The lowest BCUT2D eigenvalue weighted by molar-refractivity contribution is -0.133. The number of benzene rings is 2. The summed E-state index contributed by atoms with van der Waals surface area (Å²) < 4.78 is 19.2. The van der Waals surface area contributed by atoms with Crippen molar-refractivity contribution in [3.05, 3.63) is 65.0 Å². The molecule has 0 fully saturated rings. The third-order valence-electron chi connectivity index (χ3n) is 5.23. The van der Waals surface area contributed by atoms with E-state index in [1.54, 1.807) is 12.1 Å². The van der Waals surface area contributed by atoms with Gasteiger partial charge in [-0.2, -0.15) is 0 Å². The number of nitrogens with one attached hydrogen (secondary N) is 1. The van der Waals surface area contributed by atoms with Gasteiger partial charge in [0.1, 0.15) is 11.6 Å². The van der Waals surface area contributed by atoms with E-state index in [0.29, 0.717) is 31.2 Å². The number of ether oxygens (including phenoxy) is 1. The lowest BCUT2D eigenvalue weighted by atomic mass is 9.87. The second-order valence-electron chi connectivity index (χ2n) is 7.99. The quantitative estimate of drug-likeness (QED) is 0.751. The van der Waals surface area contributed by atoms with E-state index in [2.05, 4.69) is 5.32 Å². The molecule has 160 valence electrons. The van der Waals surface area contributed by atoms with Crippen molar-refractivity contribution in [2.24, 2.45) is 5.92 Å². The Bertz CT molecular complexity index is 896. The number of carbonyl (C=O) groups is 2. The molecule has 1 aliphatic heterocycles. The highest BCUT2D eigenvalue weighted by Gasteiger charge is 2.31. The second-order valence-corrected chi connectivity index (χ2v) is 7.99. The van der Waals surface area contributed by atoms with E-state index in [1.165, 1.54) is 12.1 Å². The van der Waals surface area contributed by atoms with Crippen molar-refractivity contribution in [1.29, 1.82) is 0 Å². The van der Waals surface area contributed by atoms with Crippen molar-refractivity contribution in [2.45, 2.75) is 39.7 Å². The van der Waals surface area contributed by atoms with Crippen LogP contribution in [0.4, 0.5) is 4.39 Å². The van der Waals surface area contributed by atoms with E-state index in [-0.39, 0.29) is 30.3 Å². The Hall–Kier alpha value is -2.89. The largest absolute Gasteiger partial charge is 0.484 e. The Labute approximate surface area is 177 Å². The minimum atomic E-state index is -0.312. The molecule has 0 saturated carbocycles. The molecule has 30 heavy (non-hydrogen) atoms. The predicted octanol–water partition coefficient (Wildman–Crippen LogP) is 3.86. The zero-order valence-electron chi connectivity index (χ0n) is 17.8. The molecule has 0 aromatic heterocycles. The van der Waals surface area contributed by atoms with E-state index in [1.807, 2.05) is 43.9 Å². The fourth-order valence-electron chi connectivity index (χ4n) is 3.68. The molecule has 1 N–H and O–H groups in total. The molecule has 2 aromatic rings. The van der Waals surface area contributed by atoms with Crippen LogP contribution in [-0.4, -0.2) is 36.4 Å². The summed E-state index contributed by atoms with van der Waals surface area (Å²) in [4.78, 5) is 26.4. The van der Waals surface area contributed by atoms with Crippen LogP contribution < -0.4 is 10.1 Å². The van der Waals surface area contributed by atoms with Crippen molar-refractivity contribution in [3.8, 4) is 5.75 Å². The van der Waals surface area contributed by atoms with Crippen LogP contribution in [0, 0.1) is 11.7 Å². The number of hydrogen-bond donors (Lipinski definition) is 1. The Morgan fingerprint density at radius 3 is 2.60 bits per heavy atom. The van der Waals surface area contributed by atoms with E-state index >= 15 is 0 Å². The van der Waals surface area contributed by atoms with Gasteiger partial charge in [-0.1, -0.05) is 39.0 Å². The number of halogens is 1. The van der Waals surface area contributed by atoms with Gasteiger partial charge in [0.15, 0.2) is 6.61 Å². The van der Waals surface area contributed by atoms with Gasteiger partial charge in [0.2, 0.25) is 5.91 Å². The van der Waals surface area contributed by atoms with Crippen molar-refractivity contribution in [1.82, 2.24) is 10.2 Å². The van der Waals surface area contributed by atoms with Gasteiger partial charge >= 0.3 is 0 Å². The maximum absolute atomic E-state index is 13.5. The molecular formula is C24H29FN2O3. The van der Waals surface area contributed by atoms with Crippen LogP contribution in [0.25, 0.3) is 0 Å². The Kier molecular flexibility index (Phi) is 7.08. The number of nitrogens with zero attached hydrogens (tertiary/aromatic N) is 1. The van der Waals surface area contributed by atoms with Crippen LogP contribution in [-0.2, 0) is 16.0 Å². The zero-order valence-corrected chi connectivity index (χ0v) is 17.8. The van der Waals surface area contributed by atoms with Crippen LogP contribution >= 0.6 is 0 Å². The van der Waals surface area contributed by atoms with Crippen LogP contribution in [0.5, 0.6) is 5.75 Å². The van der Waals surface area contributed by atoms with Crippen molar-refractivity contribution >= 4 is 11.8 Å². The highest BCUT2D eigenvalue weighted by Crippen LogP contribution is 2.37. The molecule has 2 aromatic carbocycles. The lowest BCUT2D eigenvalue weighted by Gasteiger charge is -2.38. The number of amides is 2. The van der Waals surface area contributed by atoms with E-state index in [4.69, 9.17) is 4.74 Å². The Morgan fingerprint density at radius 1 is 1.20 bits per heavy atom. The summed E-state index contributed by atoms with van der Waals surface area (Å²) in [5.74, 6) is 0.518. The molecule has 0 radical (unpaired) electrons. The maximum atomic E-state index is 13.5. The molecule has 0 spiro atoms. The van der Waals surface area contributed by atoms with Gasteiger partial charge in [-0.05, 0) is 53.3 Å². The van der Waals surface area contributed by atoms with Gasteiger partial charge in [0, 0.05) is 19.5 Å². The van der Waals surface area contributed by atoms with Gasteiger partial charge in [0.05, 0.1) is 6.04 Å². The molecule has 6 heteroatoms. The third-order valence-corrected chi connectivity index (χ3v) is 5.23. The molecule has 0 saturated heterocycles. The van der Waals surface area contributed by atoms with Gasteiger partial charge in [-0.15, -0.1) is 0 Å². The first kappa shape index (κ1) is 21.8. The number of rotatable bonds is 7.